The monoisotopic (exact) mass is 378 g/mol. The Balaban J connectivity index is 1.52. The number of carbonyl (C=O) groups excluding carboxylic acids is 2. The van der Waals surface area contributed by atoms with E-state index in [2.05, 4.69) is 5.32 Å². The number of benzene rings is 2. The van der Waals surface area contributed by atoms with Gasteiger partial charge in [-0.2, -0.15) is 0 Å². The molecule has 5 nitrogen and oxygen atoms in total. The molecule has 0 bridgehead atoms. The molecule has 2 amide bonds. The number of nitrogens with zero attached hydrogens (tertiary/aromatic N) is 1. The zero-order valence-corrected chi connectivity index (χ0v) is 16.4. The minimum absolute atomic E-state index is 0.0189. The van der Waals surface area contributed by atoms with E-state index in [4.69, 9.17) is 4.74 Å². The molecule has 28 heavy (non-hydrogen) atoms. The van der Waals surface area contributed by atoms with E-state index in [1.54, 1.807) is 19.3 Å². The summed E-state index contributed by atoms with van der Waals surface area (Å²) >= 11 is 0. The lowest BCUT2D eigenvalue weighted by Crippen LogP contribution is -2.46. The average molecular weight is 378 g/mol. The van der Waals surface area contributed by atoms with Crippen molar-refractivity contribution in [1.82, 2.24) is 10.2 Å². The molecular weight excluding hydrogens is 352 g/mol. The highest BCUT2D eigenvalue weighted by Crippen LogP contribution is 2.19. The Kier molecular flexibility index (Phi) is 6.48. The lowest BCUT2D eigenvalue weighted by Gasteiger charge is -2.32. The number of likely N-dealkylation sites (tertiary alicyclic amines) is 1. The lowest BCUT2D eigenvalue weighted by molar-refractivity contribution is -0.126. The lowest BCUT2D eigenvalue weighted by atomic mass is 10.0. The zero-order chi connectivity index (χ0) is 19.9. The number of aryl methyl sites for hydroxylation is 1. The average Bonchev–Trinajstić information content (AvgIpc) is 2.73. The summed E-state index contributed by atoms with van der Waals surface area (Å²) in [4.78, 5) is 26.8. The fourth-order valence-corrected chi connectivity index (χ4v) is 3.41. The van der Waals surface area contributed by atoms with E-state index in [1.165, 1.54) is 0 Å². The second-order valence-corrected chi connectivity index (χ2v) is 6.96. The quantitative estimate of drug-likeness (QED) is 0.811. The number of para-hydroxylation sites is 1. The molecule has 0 spiro atoms. The van der Waals surface area contributed by atoms with Crippen molar-refractivity contribution in [1.29, 1.82) is 0 Å². The van der Waals surface area contributed by atoms with Crippen molar-refractivity contribution in [2.45, 2.75) is 25.8 Å². The number of nitrogens with one attached hydrogen (secondary N) is 1. The summed E-state index contributed by atoms with van der Waals surface area (Å²) in [6.07, 6.45) is 4.88. The van der Waals surface area contributed by atoms with Crippen molar-refractivity contribution in [3.8, 4) is 5.75 Å². The number of carbonyl (C=O) groups is 2. The smallest absolute Gasteiger partial charge is 0.251 e. The van der Waals surface area contributed by atoms with Gasteiger partial charge in [-0.25, -0.2) is 0 Å². The Labute approximate surface area is 166 Å². The number of rotatable bonds is 5. The molecule has 1 heterocycles. The van der Waals surface area contributed by atoms with Gasteiger partial charge in [0.2, 0.25) is 5.91 Å². The summed E-state index contributed by atoms with van der Waals surface area (Å²) < 4.78 is 5.30. The summed E-state index contributed by atoms with van der Waals surface area (Å²) in [5.41, 5.74) is 2.55. The Morgan fingerprint density at radius 3 is 2.46 bits per heavy atom. The fourth-order valence-electron chi connectivity index (χ4n) is 3.41. The van der Waals surface area contributed by atoms with Gasteiger partial charge in [0.15, 0.2) is 0 Å². The number of ether oxygens (including phenoxy) is 1. The van der Waals surface area contributed by atoms with Gasteiger partial charge < -0.3 is 15.0 Å². The van der Waals surface area contributed by atoms with Crippen LogP contribution in [0, 0.1) is 6.92 Å². The van der Waals surface area contributed by atoms with E-state index in [0.29, 0.717) is 18.7 Å². The van der Waals surface area contributed by atoms with Gasteiger partial charge >= 0.3 is 0 Å². The SMILES string of the molecule is COc1ccccc1/C=C/C(=O)N1CCC(NC(=O)c2ccccc2C)CC1. The highest BCUT2D eigenvalue weighted by molar-refractivity contribution is 5.96. The van der Waals surface area contributed by atoms with Crippen LogP contribution in [0.2, 0.25) is 0 Å². The third-order valence-corrected chi connectivity index (χ3v) is 5.08. The molecule has 0 atom stereocenters. The topological polar surface area (TPSA) is 58.6 Å². The van der Waals surface area contributed by atoms with Gasteiger partial charge in [0.25, 0.3) is 5.91 Å². The molecular formula is C23H26N2O3. The molecule has 0 aromatic heterocycles. The van der Waals surface area contributed by atoms with Crippen LogP contribution >= 0.6 is 0 Å². The van der Waals surface area contributed by atoms with Crippen LogP contribution in [0.4, 0.5) is 0 Å². The van der Waals surface area contributed by atoms with Gasteiger partial charge in [0.1, 0.15) is 5.75 Å². The maximum atomic E-state index is 12.5. The van der Waals surface area contributed by atoms with Gasteiger partial charge in [-0.3, -0.25) is 9.59 Å². The number of piperidine rings is 1. The van der Waals surface area contributed by atoms with Crippen molar-refractivity contribution in [2.24, 2.45) is 0 Å². The number of hydrogen-bond donors (Lipinski definition) is 1. The molecule has 1 aliphatic rings. The first-order valence-electron chi connectivity index (χ1n) is 9.55. The first-order chi connectivity index (χ1) is 13.6. The molecule has 1 N–H and O–H groups in total. The van der Waals surface area contributed by atoms with Crippen LogP contribution in [0.3, 0.4) is 0 Å². The maximum absolute atomic E-state index is 12.5. The molecule has 1 aliphatic heterocycles. The Morgan fingerprint density at radius 1 is 1.07 bits per heavy atom. The number of hydrogen-bond acceptors (Lipinski definition) is 3. The number of amides is 2. The van der Waals surface area contributed by atoms with Crippen LogP contribution in [0.1, 0.15) is 34.3 Å². The standard InChI is InChI=1S/C23H26N2O3/c1-17-7-3-5-9-20(17)23(27)24-19-13-15-25(16-14-19)22(26)12-11-18-8-4-6-10-21(18)28-2/h3-12,19H,13-16H2,1-2H3,(H,24,27)/b12-11+. The molecule has 0 saturated carbocycles. The summed E-state index contributed by atoms with van der Waals surface area (Å²) in [5, 5.41) is 3.10. The normalized spacial score (nSPS) is 14.9. The van der Waals surface area contributed by atoms with Crippen molar-refractivity contribution >= 4 is 17.9 Å². The van der Waals surface area contributed by atoms with Crippen LogP contribution in [-0.2, 0) is 4.79 Å². The number of methoxy groups -OCH3 is 1. The van der Waals surface area contributed by atoms with Crippen molar-refractivity contribution in [3.05, 3.63) is 71.3 Å². The molecule has 1 fully saturated rings. The van der Waals surface area contributed by atoms with Gasteiger partial charge in [-0.1, -0.05) is 36.4 Å². The minimum atomic E-state index is -0.0426. The predicted molar refractivity (Wildman–Crippen MR) is 110 cm³/mol. The van der Waals surface area contributed by atoms with Crippen molar-refractivity contribution in [2.75, 3.05) is 20.2 Å². The first-order valence-corrected chi connectivity index (χ1v) is 9.55. The third-order valence-electron chi connectivity index (χ3n) is 5.08. The largest absolute Gasteiger partial charge is 0.496 e. The van der Waals surface area contributed by atoms with Crippen molar-refractivity contribution in [3.63, 3.8) is 0 Å². The van der Waals surface area contributed by atoms with Gasteiger partial charge in [0.05, 0.1) is 7.11 Å². The Bertz CT molecular complexity index is 868. The molecule has 0 aliphatic carbocycles. The van der Waals surface area contributed by atoms with Gasteiger partial charge in [0, 0.05) is 36.3 Å². The molecule has 2 aromatic rings. The van der Waals surface area contributed by atoms with E-state index >= 15 is 0 Å². The fraction of sp³-hybridized carbons (Fsp3) is 0.304. The predicted octanol–water partition coefficient (Wildman–Crippen LogP) is 3.44. The molecule has 3 rings (SSSR count). The second-order valence-electron chi connectivity index (χ2n) is 6.96. The Hall–Kier alpha value is -3.08. The van der Waals surface area contributed by atoms with Crippen LogP contribution in [-0.4, -0.2) is 43.0 Å². The van der Waals surface area contributed by atoms with E-state index in [0.717, 1.165) is 29.7 Å². The van der Waals surface area contributed by atoms with Crippen LogP contribution in [0.5, 0.6) is 5.75 Å². The van der Waals surface area contributed by atoms with Crippen LogP contribution in [0.25, 0.3) is 6.08 Å². The molecule has 2 aromatic carbocycles. The molecule has 5 heteroatoms. The van der Waals surface area contributed by atoms with Crippen molar-refractivity contribution < 1.29 is 14.3 Å². The second kappa shape index (κ2) is 9.22. The third kappa shape index (κ3) is 4.80. The Morgan fingerprint density at radius 2 is 1.75 bits per heavy atom. The van der Waals surface area contributed by atoms with E-state index in [-0.39, 0.29) is 17.9 Å². The van der Waals surface area contributed by atoms with E-state index < -0.39 is 0 Å². The summed E-state index contributed by atoms with van der Waals surface area (Å²) in [6, 6.07) is 15.3. The van der Waals surface area contributed by atoms with Gasteiger partial charge in [-0.15, -0.1) is 0 Å². The molecule has 1 saturated heterocycles. The minimum Gasteiger partial charge on any atom is -0.496 e. The summed E-state index contributed by atoms with van der Waals surface area (Å²) in [5.74, 6) is 0.678. The summed E-state index contributed by atoms with van der Waals surface area (Å²) in [6.45, 7) is 3.20. The van der Waals surface area contributed by atoms with Gasteiger partial charge in [-0.05, 0) is 43.5 Å². The first kappa shape index (κ1) is 19.7. The molecule has 0 radical (unpaired) electrons. The van der Waals surface area contributed by atoms with Crippen LogP contribution in [0.15, 0.2) is 54.6 Å². The van der Waals surface area contributed by atoms with E-state index in [9.17, 15) is 9.59 Å². The zero-order valence-electron chi connectivity index (χ0n) is 16.4. The highest BCUT2D eigenvalue weighted by Gasteiger charge is 2.23. The summed E-state index contributed by atoms with van der Waals surface area (Å²) in [7, 11) is 1.62. The van der Waals surface area contributed by atoms with E-state index in [1.807, 2.05) is 60.4 Å². The highest BCUT2D eigenvalue weighted by atomic mass is 16.5. The maximum Gasteiger partial charge on any atom is 0.251 e. The molecule has 146 valence electrons. The molecule has 0 unspecified atom stereocenters. The van der Waals surface area contributed by atoms with Crippen LogP contribution < -0.4 is 10.1 Å².